The second kappa shape index (κ2) is 4.57. The van der Waals surface area contributed by atoms with Crippen LogP contribution in [0.5, 0.6) is 0 Å². The second-order valence-corrected chi connectivity index (χ2v) is 3.53. The first-order valence-electron chi connectivity index (χ1n) is 4.15. The molecule has 84 valence electrons. The number of carboxylic acid groups (broad SMARTS) is 1. The number of aromatic nitrogens is 2. The van der Waals surface area contributed by atoms with Crippen molar-refractivity contribution >= 4 is 17.6 Å². The summed E-state index contributed by atoms with van der Waals surface area (Å²) in [6.45, 7) is 1.47. The molecule has 0 spiro atoms. The average molecular weight is 239 g/mol. The Morgan fingerprint density at radius 3 is 2.73 bits per heavy atom. The van der Waals surface area contributed by atoms with Gasteiger partial charge in [0.15, 0.2) is 0 Å². The van der Waals surface area contributed by atoms with Crippen LogP contribution in [0.15, 0.2) is 6.20 Å². The molecule has 0 radical (unpaired) electrons. The van der Waals surface area contributed by atoms with Gasteiger partial charge in [0.25, 0.3) is 6.43 Å². The standard InChI is InChI=1S/C8H9ClF2N2O2/c1-4(8(14)15)2-13-3-5(9)6(12-13)7(10)11/h3-4,7H,2H2,1H3,(H,14,15). The highest BCUT2D eigenvalue weighted by Crippen LogP contribution is 2.25. The molecular formula is C8H9ClF2N2O2. The first-order chi connectivity index (χ1) is 6.91. The minimum atomic E-state index is -2.75. The Morgan fingerprint density at radius 2 is 2.33 bits per heavy atom. The van der Waals surface area contributed by atoms with Crippen molar-refractivity contribution in [3.63, 3.8) is 0 Å². The first-order valence-corrected chi connectivity index (χ1v) is 4.53. The molecule has 0 aliphatic rings. The second-order valence-electron chi connectivity index (χ2n) is 3.12. The maximum Gasteiger partial charge on any atom is 0.308 e. The zero-order valence-corrected chi connectivity index (χ0v) is 8.58. The Bertz CT molecular complexity index is 368. The highest BCUT2D eigenvalue weighted by Gasteiger charge is 2.19. The molecule has 0 saturated carbocycles. The molecule has 1 unspecified atom stereocenters. The van der Waals surface area contributed by atoms with Crippen LogP contribution in [0.1, 0.15) is 19.0 Å². The summed E-state index contributed by atoms with van der Waals surface area (Å²) in [5.74, 6) is -1.72. The summed E-state index contributed by atoms with van der Waals surface area (Å²) in [7, 11) is 0. The van der Waals surface area contributed by atoms with Crippen LogP contribution in [-0.4, -0.2) is 20.9 Å². The Labute approximate surface area is 89.5 Å². The first kappa shape index (κ1) is 11.9. The van der Waals surface area contributed by atoms with Gasteiger partial charge in [-0.2, -0.15) is 5.10 Å². The molecule has 4 nitrogen and oxygen atoms in total. The summed E-state index contributed by atoms with van der Waals surface area (Å²) in [6, 6.07) is 0. The van der Waals surface area contributed by atoms with E-state index in [1.54, 1.807) is 0 Å². The van der Waals surface area contributed by atoms with Gasteiger partial charge in [0, 0.05) is 6.20 Å². The number of carboxylic acids is 1. The lowest BCUT2D eigenvalue weighted by Crippen LogP contribution is -2.17. The van der Waals surface area contributed by atoms with E-state index in [9.17, 15) is 13.6 Å². The molecule has 0 aliphatic heterocycles. The monoisotopic (exact) mass is 238 g/mol. The molecule has 1 atom stereocenters. The highest BCUT2D eigenvalue weighted by molar-refractivity contribution is 6.31. The number of hydrogen-bond acceptors (Lipinski definition) is 2. The predicted octanol–water partition coefficient (Wildman–Crippen LogP) is 2.19. The minimum absolute atomic E-state index is 0.0156. The number of carbonyl (C=O) groups is 1. The van der Waals surface area contributed by atoms with Crippen molar-refractivity contribution in [1.29, 1.82) is 0 Å². The summed E-state index contributed by atoms with van der Waals surface area (Å²) in [4.78, 5) is 10.5. The SMILES string of the molecule is CC(Cn1cc(Cl)c(C(F)F)n1)C(=O)O. The third-order valence-electron chi connectivity index (χ3n) is 1.83. The van der Waals surface area contributed by atoms with Gasteiger partial charge >= 0.3 is 5.97 Å². The molecular weight excluding hydrogens is 230 g/mol. The quantitative estimate of drug-likeness (QED) is 0.875. The zero-order valence-electron chi connectivity index (χ0n) is 7.82. The normalized spacial score (nSPS) is 13.1. The Morgan fingerprint density at radius 1 is 1.73 bits per heavy atom. The molecule has 0 saturated heterocycles. The van der Waals surface area contributed by atoms with Crippen LogP contribution in [0.4, 0.5) is 8.78 Å². The summed E-state index contributed by atoms with van der Waals surface area (Å²) in [5, 5.41) is 12.0. The molecule has 15 heavy (non-hydrogen) atoms. The topological polar surface area (TPSA) is 55.1 Å². The van der Waals surface area contributed by atoms with Gasteiger partial charge in [0.2, 0.25) is 0 Å². The molecule has 1 heterocycles. The number of aliphatic carboxylic acids is 1. The van der Waals surface area contributed by atoms with Crippen molar-refractivity contribution in [2.75, 3.05) is 0 Å². The summed E-state index contributed by atoms with van der Waals surface area (Å²) in [5.41, 5.74) is -0.519. The smallest absolute Gasteiger partial charge is 0.308 e. The van der Waals surface area contributed by atoms with Crippen molar-refractivity contribution in [2.45, 2.75) is 19.9 Å². The summed E-state index contributed by atoms with van der Waals surface area (Å²) < 4.78 is 25.6. The number of nitrogens with zero attached hydrogens (tertiary/aromatic N) is 2. The fourth-order valence-corrected chi connectivity index (χ4v) is 1.24. The van der Waals surface area contributed by atoms with Gasteiger partial charge in [0.05, 0.1) is 17.5 Å². The zero-order chi connectivity index (χ0) is 11.6. The van der Waals surface area contributed by atoms with Crippen LogP contribution in [0.25, 0.3) is 0 Å². The van der Waals surface area contributed by atoms with E-state index in [0.717, 1.165) is 4.68 Å². The maximum atomic E-state index is 12.3. The van der Waals surface area contributed by atoms with Gasteiger partial charge in [-0.25, -0.2) is 8.78 Å². The van der Waals surface area contributed by atoms with Gasteiger partial charge in [-0.3, -0.25) is 9.48 Å². The Hall–Kier alpha value is -1.17. The molecule has 0 fully saturated rings. The number of halogens is 3. The van der Waals surface area contributed by atoms with Gasteiger partial charge in [-0.05, 0) is 0 Å². The van der Waals surface area contributed by atoms with Crippen LogP contribution in [0.3, 0.4) is 0 Å². The molecule has 0 bridgehead atoms. The number of hydrogen-bond donors (Lipinski definition) is 1. The number of rotatable bonds is 4. The molecule has 1 aromatic rings. The molecule has 1 N–H and O–H groups in total. The van der Waals surface area contributed by atoms with Crippen LogP contribution in [0.2, 0.25) is 5.02 Å². The Kier molecular flexibility index (Phi) is 3.62. The predicted molar refractivity (Wildman–Crippen MR) is 49.0 cm³/mol. The lowest BCUT2D eigenvalue weighted by Gasteiger charge is -2.05. The van der Waals surface area contributed by atoms with Crippen LogP contribution in [-0.2, 0) is 11.3 Å². The lowest BCUT2D eigenvalue weighted by atomic mass is 10.2. The van der Waals surface area contributed by atoms with Gasteiger partial charge in [-0.15, -0.1) is 0 Å². The largest absolute Gasteiger partial charge is 0.481 e. The molecule has 1 rings (SSSR count). The van der Waals surface area contributed by atoms with E-state index in [2.05, 4.69) is 5.10 Å². The maximum absolute atomic E-state index is 12.3. The van der Waals surface area contributed by atoms with E-state index in [1.165, 1.54) is 13.1 Å². The molecule has 0 aliphatic carbocycles. The van der Waals surface area contributed by atoms with Gasteiger partial charge in [0.1, 0.15) is 5.69 Å². The van der Waals surface area contributed by atoms with E-state index in [4.69, 9.17) is 16.7 Å². The van der Waals surface area contributed by atoms with Crippen molar-refractivity contribution < 1.29 is 18.7 Å². The Balaban J connectivity index is 2.79. The van der Waals surface area contributed by atoms with Gasteiger partial charge in [-0.1, -0.05) is 18.5 Å². The summed E-state index contributed by atoms with van der Waals surface area (Å²) in [6.07, 6.45) is -1.55. The fraction of sp³-hybridized carbons (Fsp3) is 0.500. The molecule has 7 heteroatoms. The van der Waals surface area contributed by atoms with E-state index < -0.39 is 24.0 Å². The summed E-state index contributed by atoms with van der Waals surface area (Å²) >= 11 is 5.49. The van der Waals surface area contributed by atoms with Crippen molar-refractivity contribution in [1.82, 2.24) is 9.78 Å². The van der Waals surface area contributed by atoms with E-state index >= 15 is 0 Å². The van der Waals surface area contributed by atoms with E-state index in [1.807, 2.05) is 0 Å². The van der Waals surface area contributed by atoms with E-state index in [-0.39, 0.29) is 11.6 Å². The van der Waals surface area contributed by atoms with Crippen molar-refractivity contribution in [2.24, 2.45) is 5.92 Å². The highest BCUT2D eigenvalue weighted by atomic mass is 35.5. The fourth-order valence-electron chi connectivity index (χ4n) is 1.01. The molecule has 0 aromatic carbocycles. The lowest BCUT2D eigenvalue weighted by molar-refractivity contribution is -0.141. The van der Waals surface area contributed by atoms with Crippen LogP contribution < -0.4 is 0 Å². The molecule has 1 aromatic heterocycles. The number of alkyl halides is 2. The van der Waals surface area contributed by atoms with Gasteiger partial charge < -0.3 is 5.11 Å². The van der Waals surface area contributed by atoms with Crippen LogP contribution in [0, 0.1) is 5.92 Å². The molecule has 0 amide bonds. The average Bonchev–Trinajstić information content (AvgIpc) is 2.46. The van der Waals surface area contributed by atoms with Crippen LogP contribution >= 0.6 is 11.6 Å². The minimum Gasteiger partial charge on any atom is -0.481 e. The van der Waals surface area contributed by atoms with E-state index in [0.29, 0.717) is 0 Å². The third kappa shape index (κ3) is 2.89. The third-order valence-corrected chi connectivity index (χ3v) is 2.12. The van der Waals surface area contributed by atoms with Crippen molar-refractivity contribution in [3.05, 3.63) is 16.9 Å². The van der Waals surface area contributed by atoms with Crippen molar-refractivity contribution in [3.8, 4) is 0 Å².